The minimum absolute atomic E-state index is 0.0931. The van der Waals surface area contributed by atoms with E-state index < -0.39 is 0 Å². The van der Waals surface area contributed by atoms with E-state index in [0.717, 1.165) is 61.1 Å². The molecule has 12 heteroatoms. The number of rotatable bonds is 13. The van der Waals surface area contributed by atoms with Crippen LogP contribution in [0.3, 0.4) is 0 Å². The van der Waals surface area contributed by atoms with Crippen molar-refractivity contribution in [3.05, 3.63) is 51.7 Å². The Morgan fingerprint density at radius 3 is 2.61 bits per heavy atom. The van der Waals surface area contributed by atoms with Gasteiger partial charge in [-0.2, -0.15) is 0 Å². The van der Waals surface area contributed by atoms with Crippen LogP contribution in [-0.4, -0.2) is 51.5 Å². The van der Waals surface area contributed by atoms with Gasteiger partial charge in [-0.25, -0.2) is 4.79 Å². The number of thioether (sulfide) groups is 1. The molecular formula is C29H37N5O5S2. The predicted octanol–water partition coefficient (Wildman–Crippen LogP) is 5.16. The van der Waals surface area contributed by atoms with Gasteiger partial charge in [0.2, 0.25) is 5.91 Å². The number of hydrogen-bond acceptors (Lipinski definition) is 9. The van der Waals surface area contributed by atoms with Crippen molar-refractivity contribution in [2.24, 2.45) is 7.05 Å². The Morgan fingerprint density at radius 1 is 1.07 bits per heavy atom. The lowest BCUT2D eigenvalue weighted by Gasteiger charge is -2.09. The Morgan fingerprint density at radius 2 is 1.85 bits per heavy atom. The maximum atomic E-state index is 12.9. The largest absolute Gasteiger partial charge is 0.494 e. The molecule has 2 amide bonds. The topological polar surface area (TPSA) is 124 Å². The zero-order valence-electron chi connectivity index (χ0n) is 23.8. The molecule has 220 valence electrons. The number of ether oxygens (including phenoxy) is 2. The number of aryl methyl sites for hydroxylation is 1. The van der Waals surface area contributed by atoms with Crippen molar-refractivity contribution in [2.75, 3.05) is 24.3 Å². The number of fused-ring (bicyclic) bond motifs is 1. The summed E-state index contributed by atoms with van der Waals surface area (Å²) in [6, 6.07) is 7.03. The molecule has 4 rings (SSSR count). The number of esters is 1. The van der Waals surface area contributed by atoms with E-state index in [0.29, 0.717) is 33.7 Å². The van der Waals surface area contributed by atoms with Crippen LogP contribution in [0.1, 0.15) is 82.9 Å². The molecule has 0 unspecified atom stereocenters. The molecule has 41 heavy (non-hydrogen) atoms. The number of amides is 2. The average Bonchev–Trinajstić information content (AvgIpc) is 3.40. The van der Waals surface area contributed by atoms with E-state index in [2.05, 4.69) is 27.8 Å². The summed E-state index contributed by atoms with van der Waals surface area (Å²) in [6.07, 6.45) is 7.01. The highest BCUT2D eigenvalue weighted by Gasteiger charge is 2.26. The average molecular weight is 600 g/mol. The lowest BCUT2D eigenvalue weighted by molar-refractivity contribution is -0.113. The number of aromatic nitrogens is 3. The fraction of sp³-hybridized carbons (Fsp3) is 0.483. The van der Waals surface area contributed by atoms with E-state index in [9.17, 15) is 14.4 Å². The Bertz CT molecular complexity index is 1350. The first-order chi connectivity index (χ1) is 19.9. The van der Waals surface area contributed by atoms with E-state index in [1.165, 1.54) is 23.1 Å². The van der Waals surface area contributed by atoms with Gasteiger partial charge in [0.1, 0.15) is 10.8 Å². The van der Waals surface area contributed by atoms with Crippen LogP contribution in [-0.2, 0) is 36.0 Å². The van der Waals surface area contributed by atoms with E-state index in [-0.39, 0.29) is 36.7 Å². The van der Waals surface area contributed by atoms with Crippen molar-refractivity contribution in [1.29, 1.82) is 0 Å². The van der Waals surface area contributed by atoms with Gasteiger partial charge in [-0.15, -0.1) is 21.5 Å². The molecule has 0 saturated carbocycles. The minimum Gasteiger partial charge on any atom is -0.494 e. The maximum Gasteiger partial charge on any atom is 0.341 e. The van der Waals surface area contributed by atoms with E-state index >= 15 is 0 Å². The predicted molar refractivity (Wildman–Crippen MR) is 160 cm³/mol. The summed E-state index contributed by atoms with van der Waals surface area (Å²) in [4.78, 5) is 39.4. The van der Waals surface area contributed by atoms with Crippen LogP contribution >= 0.6 is 23.1 Å². The fourth-order valence-electron chi connectivity index (χ4n) is 4.47. The second-order valence-electron chi connectivity index (χ2n) is 9.69. The molecule has 2 N–H and O–H groups in total. The summed E-state index contributed by atoms with van der Waals surface area (Å²) in [6.45, 7) is 5.01. The molecule has 0 fully saturated rings. The van der Waals surface area contributed by atoms with Crippen LogP contribution in [0.15, 0.2) is 29.4 Å². The Kier molecular flexibility index (Phi) is 11.2. The highest BCUT2D eigenvalue weighted by Crippen LogP contribution is 2.38. The number of unbranched alkanes of at least 4 members (excludes halogenated alkanes) is 1. The number of anilines is 1. The maximum absolute atomic E-state index is 12.9. The first kappa shape index (κ1) is 30.6. The molecule has 0 aliphatic heterocycles. The van der Waals surface area contributed by atoms with Gasteiger partial charge in [0.15, 0.2) is 11.0 Å². The molecule has 1 aliphatic carbocycles. The molecule has 2 aromatic heterocycles. The van der Waals surface area contributed by atoms with Gasteiger partial charge in [-0.05, 0) is 68.9 Å². The molecule has 1 aromatic carbocycles. The molecule has 1 aliphatic rings. The van der Waals surface area contributed by atoms with E-state index in [1.807, 2.05) is 0 Å². The second kappa shape index (κ2) is 15.0. The van der Waals surface area contributed by atoms with Crippen molar-refractivity contribution in [3.8, 4) is 5.75 Å². The number of hydrogen-bond donors (Lipinski definition) is 2. The lowest BCUT2D eigenvalue weighted by Crippen LogP contribution is -2.24. The fourth-order valence-corrected chi connectivity index (χ4v) is 6.49. The molecule has 0 radical (unpaired) electrons. The summed E-state index contributed by atoms with van der Waals surface area (Å²) in [5, 5.41) is 15.3. The Balaban J connectivity index is 1.31. The zero-order chi connectivity index (χ0) is 29.2. The number of benzene rings is 1. The smallest absolute Gasteiger partial charge is 0.341 e. The first-order valence-corrected chi connectivity index (χ1v) is 15.8. The summed E-state index contributed by atoms with van der Waals surface area (Å²) in [5.41, 5.74) is 2.04. The zero-order valence-corrected chi connectivity index (χ0v) is 25.4. The third-order valence-electron chi connectivity index (χ3n) is 6.70. The number of carbonyl (C=O) groups excluding carboxylic acids is 3. The third kappa shape index (κ3) is 8.10. The van der Waals surface area contributed by atoms with Crippen LogP contribution in [0.5, 0.6) is 5.75 Å². The third-order valence-corrected chi connectivity index (χ3v) is 8.93. The van der Waals surface area contributed by atoms with Crippen LogP contribution in [0.4, 0.5) is 5.00 Å². The highest BCUT2D eigenvalue weighted by atomic mass is 32.2. The van der Waals surface area contributed by atoms with Gasteiger partial charge in [0.25, 0.3) is 5.91 Å². The van der Waals surface area contributed by atoms with E-state index in [1.54, 1.807) is 42.8 Å². The van der Waals surface area contributed by atoms with Crippen molar-refractivity contribution in [1.82, 2.24) is 20.1 Å². The van der Waals surface area contributed by atoms with Gasteiger partial charge >= 0.3 is 5.97 Å². The van der Waals surface area contributed by atoms with Gasteiger partial charge in [-0.1, -0.05) is 31.5 Å². The molecular weight excluding hydrogens is 562 g/mol. The van der Waals surface area contributed by atoms with Crippen molar-refractivity contribution in [3.63, 3.8) is 0 Å². The molecule has 10 nitrogen and oxygen atoms in total. The normalized spacial score (nSPS) is 12.8. The summed E-state index contributed by atoms with van der Waals surface area (Å²) >= 11 is 2.71. The molecule has 0 bridgehead atoms. The highest BCUT2D eigenvalue weighted by molar-refractivity contribution is 7.99. The van der Waals surface area contributed by atoms with E-state index in [4.69, 9.17) is 9.47 Å². The minimum atomic E-state index is -0.383. The Labute approximate surface area is 248 Å². The Hall–Kier alpha value is -3.38. The molecule has 3 aromatic rings. The molecule has 0 spiro atoms. The summed E-state index contributed by atoms with van der Waals surface area (Å²) in [7, 11) is 1.79. The SMILES string of the molecule is CCCCOc1ccc(C(=O)NCc2nnc(SCC(=O)Nc3sc4c(c3C(=O)OCC)CCCCC4)n2C)cc1. The van der Waals surface area contributed by atoms with Crippen LogP contribution in [0.2, 0.25) is 0 Å². The number of carbonyl (C=O) groups is 3. The van der Waals surface area contributed by atoms with Gasteiger partial charge < -0.3 is 24.7 Å². The van der Waals surface area contributed by atoms with Crippen LogP contribution in [0, 0.1) is 0 Å². The van der Waals surface area contributed by atoms with Crippen LogP contribution < -0.4 is 15.4 Å². The monoisotopic (exact) mass is 599 g/mol. The second-order valence-corrected chi connectivity index (χ2v) is 11.7. The number of thiophene rings is 1. The number of nitrogens with one attached hydrogen (secondary N) is 2. The van der Waals surface area contributed by atoms with Crippen LogP contribution in [0.25, 0.3) is 0 Å². The molecule has 2 heterocycles. The van der Waals surface area contributed by atoms with Gasteiger partial charge in [-0.3, -0.25) is 9.59 Å². The quantitative estimate of drug-likeness (QED) is 0.119. The van der Waals surface area contributed by atoms with Crippen molar-refractivity contribution in [2.45, 2.75) is 70.5 Å². The standard InChI is InChI=1S/C29H37N5O5S2/c1-4-6-16-39-20-14-12-19(13-15-20)26(36)30-17-23-32-33-29(34(23)3)40-18-24(35)31-27-25(28(37)38-5-2)21-10-8-7-9-11-22(21)41-27/h12-15H,4-11,16-18H2,1-3H3,(H,30,36)(H,31,35). The number of nitrogens with zero attached hydrogens (tertiary/aromatic N) is 3. The molecule has 0 saturated heterocycles. The summed E-state index contributed by atoms with van der Waals surface area (Å²) in [5.74, 6) is 0.541. The molecule has 0 atom stereocenters. The van der Waals surface area contributed by atoms with Crippen molar-refractivity contribution >= 4 is 45.9 Å². The first-order valence-electron chi connectivity index (χ1n) is 14.0. The van der Waals surface area contributed by atoms with Gasteiger partial charge in [0.05, 0.1) is 31.1 Å². The lowest BCUT2D eigenvalue weighted by atomic mass is 10.1. The van der Waals surface area contributed by atoms with Crippen molar-refractivity contribution < 1.29 is 23.9 Å². The summed E-state index contributed by atoms with van der Waals surface area (Å²) < 4.78 is 12.7. The van der Waals surface area contributed by atoms with Gasteiger partial charge in [0, 0.05) is 17.5 Å².